The van der Waals surface area contributed by atoms with E-state index in [0.29, 0.717) is 12.2 Å². The molecule has 0 aliphatic heterocycles. The Morgan fingerprint density at radius 1 is 1.12 bits per heavy atom. The molecule has 25 heavy (non-hydrogen) atoms. The number of hydrogen-bond donors (Lipinski definition) is 1. The van der Waals surface area contributed by atoms with Crippen LogP contribution in [0, 0.1) is 6.92 Å². The lowest BCUT2D eigenvalue weighted by Crippen LogP contribution is -2.27. The zero-order valence-corrected chi connectivity index (χ0v) is 14.4. The van der Waals surface area contributed by atoms with Crippen molar-refractivity contribution in [3.05, 3.63) is 77.6 Å². The highest BCUT2D eigenvalue weighted by atomic mass is 16.5. The van der Waals surface area contributed by atoms with Gasteiger partial charge in [0.05, 0.1) is 18.5 Å². The van der Waals surface area contributed by atoms with E-state index < -0.39 is 0 Å². The maximum absolute atomic E-state index is 12.6. The molecule has 0 aliphatic carbocycles. The number of methoxy groups -OCH3 is 1. The molecule has 0 aliphatic rings. The molecular weight excluding hydrogens is 314 g/mol. The fourth-order valence-corrected chi connectivity index (χ4v) is 2.67. The number of carbonyl (C=O) groups excluding carboxylic acids is 1. The first-order chi connectivity index (χ1) is 12.2. The Bertz CT molecular complexity index is 856. The van der Waals surface area contributed by atoms with E-state index in [9.17, 15) is 4.79 Å². The van der Waals surface area contributed by atoms with Gasteiger partial charge in [0, 0.05) is 6.54 Å². The van der Waals surface area contributed by atoms with Gasteiger partial charge >= 0.3 is 0 Å². The number of para-hydroxylation sites is 1. The maximum Gasteiger partial charge on any atom is 0.270 e. The second-order valence-corrected chi connectivity index (χ2v) is 5.78. The summed E-state index contributed by atoms with van der Waals surface area (Å²) in [6, 6.07) is 19.3. The molecule has 3 rings (SSSR count). The molecule has 0 bridgehead atoms. The topological polar surface area (TPSA) is 56.1 Å². The minimum atomic E-state index is -0.132. The first-order valence-corrected chi connectivity index (χ1v) is 8.20. The summed E-state index contributed by atoms with van der Waals surface area (Å²) < 4.78 is 6.90. The molecule has 0 saturated carbocycles. The summed E-state index contributed by atoms with van der Waals surface area (Å²) in [5.41, 5.74) is 3.33. The minimum Gasteiger partial charge on any atom is -0.497 e. The second kappa shape index (κ2) is 7.66. The predicted molar refractivity (Wildman–Crippen MR) is 97.3 cm³/mol. The number of amides is 1. The largest absolute Gasteiger partial charge is 0.497 e. The molecule has 0 unspecified atom stereocenters. The van der Waals surface area contributed by atoms with Crippen LogP contribution >= 0.6 is 0 Å². The van der Waals surface area contributed by atoms with Crippen molar-refractivity contribution in [1.29, 1.82) is 0 Å². The average molecular weight is 335 g/mol. The number of carbonyl (C=O) groups is 1. The van der Waals surface area contributed by atoms with Gasteiger partial charge in [0.2, 0.25) is 0 Å². The summed E-state index contributed by atoms with van der Waals surface area (Å²) in [6.07, 6.45) is 0.737. The SMILES string of the molecule is COc1cccc(CCNC(=O)c2cc(C)nn2-c2ccccc2)c1. The fraction of sp³-hybridized carbons (Fsp3) is 0.200. The quantitative estimate of drug-likeness (QED) is 0.753. The molecule has 5 nitrogen and oxygen atoms in total. The van der Waals surface area contributed by atoms with Gasteiger partial charge in [-0.3, -0.25) is 4.79 Å². The second-order valence-electron chi connectivity index (χ2n) is 5.78. The number of aryl methyl sites for hydroxylation is 1. The van der Waals surface area contributed by atoms with Crippen LogP contribution in [0.3, 0.4) is 0 Å². The van der Waals surface area contributed by atoms with E-state index in [2.05, 4.69) is 10.4 Å². The van der Waals surface area contributed by atoms with Gasteiger partial charge in [-0.05, 0) is 49.2 Å². The van der Waals surface area contributed by atoms with Crippen LogP contribution in [-0.4, -0.2) is 29.3 Å². The highest BCUT2D eigenvalue weighted by molar-refractivity contribution is 5.93. The summed E-state index contributed by atoms with van der Waals surface area (Å²) in [5, 5.41) is 7.40. The number of aromatic nitrogens is 2. The number of nitrogens with one attached hydrogen (secondary N) is 1. The first-order valence-electron chi connectivity index (χ1n) is 8.20. The number of rotatable bonds is 6. The number of benzene rings is 2. The van der Waals surface area contributed by atoms with E-state index in [1.54, 1.807) is 17.9 Å². The summed E-state index contributed by atoms with van der Waals surface area (Å²) in [7, 11) is 1.65. The van der Waals surface area contributed by atoms with Crippen molar-refractivity contribution in [2.45, 2.75) is 13.3 Å². The predicted octanol–water partition coefficient (Wildman–Crippen LogP) is 3.16. The van der Waals surface area contributed by atoms with Crippen LogP contribution in [0.25, 0.3) is 5.69 Å². The fourth-order valence-electron chi connectivity index (χ4n) is 2.67. The van der Waals surface area contributed by atoms with Crippen molar-refractivity contribution in [3.8, 4) is 11.4 Å². The standard InChI is InChI=1S/C20H21N3O2/c1-15-13-19(23(22-15)17-8-4-3-5-9-17)20(24)21-12-11-16-7-6-10-18(14-16)25-2/h3-10,13-14H,11-12H2,1-2H3,(H,21,24). The van der Waals surface area contributed by atoms with Gasteiger partial charge in [-0.1, -0.05) is 30.3 Å². The number of nitrogens with zero attached hydrogens (tertiary/aromatic N) is 2. The first kappa shape index (κ1) is 16.8. The van der Waals surface area contributed by atoms with Gasteiger partial charge < -0.3 is 10.1 Å². The third kappa shape index (κ3) is 4.07. The van der Waals surface area contributed by atoms with Gasteiger partial charge in [-0.2, -0.15) is 5.10 Å². The molecule has 1 amide bonds. The summed E-state index contributed by atoms with van der Waals surface area (Å²) in [6.45, 7) is 2.43. The van der Waals surface area contributed by atoms with Crippen LogP contribution in [0.1, 0.15) is 21.7 Å². The lowest BCUT2D eigenvalue weighted by atomic mass is 10.1. The summed E-state index contributed by atoms with van der Waals surface area (Å²) in [5.74, 6) is 0.689. The van der Waals surface area contributed by atoms with E-state index >= 15 is 0 Å². The van der Waals surface area contributed by atoms with Crippen LogP contribution in [0.2, 0.25) is 0 Å². The van der Waals surface area contributed by atoms with Crippen LogP contribution < -0.4 is 10.1 Å². The third-order valence-electron chi connectivity index (χ3n) is 3.90. The number of hydrogen-bond acceptors (Lipinski definition) is 3. The maximum atomic E-state index is 12.6. The van der Waals surface area contributed by atoms with Crippen molar-refractivity contribution >= 4 is 5.91 Å². The molecule has 128 valence electrons. The van der Waals surface area contributed by atoms with Gasteiger partial charge in [0.15, 0.2) is 0 Å². The van der Waals surface area contributed by atoms with E-state index in [-0.39, 0.29) is 5.91 Å². The zero-order valence-electron chi connectivity index (χ0n) is 14.4. The van der Waals surface area contributed by atoms with Crippen molar-refractivity contribution in [2.24, 2.45) is 0 Å². The van der Waals surface area contributed by atoms with E-state index in [1.807, 2.05) is 61.5 Å². The van der Waals surface area contributed by atoms with Crippen LogP contribution in [0.15, 0.2) is 60.7 Å². The summed E-state index contributed by atoms with van der Waals surface area (Å²) >= 11 is 0. The van der Waals surface area contributed by atoms with Crippen molar-refractivity contribution in [1.82, 2.24) is 15.1 Å². The molecule has 0 fully saturated rings. The minimum absolute atomic E-state index is 0.132. The molecule has 1 heterocycles. The van der Waals surface area contributed by atoms with Crippen LogP contribution in [-0.2, 0) is 6.42 Å². The molecule has 5 heteroatoms. The molecule has 3 aromatic rings. The van der Waals surface area contributed by atoms with E-state index in [4.69, 9.17) is 4.74 Å². The Labute approximate surface area is 147 Å². The Morgan fingerprint density at radius 3 is 2.68 bits per heavy atom. The smallest absolute Gasteiger partial charge is 0.270 e. The molecule has 0 saturated heterocycles. The van der Waals surface area contributed by atoms with Gasteiger partial charge in [-0.25, -0.2) is 4.68 Å². The lowest BCUT2D eigenvalue weighted by Gasteiger charge is -2.09. The molecule has 1 N–H and O–H groups in total. The van der Waals surface area contributed by atoms with Crippen LogP contribution in [0.4, 0.5) is 0 Å². The third-order valence-corrected chi connectivity index (χ3v) is 3.90. The normalized spacial score (nSPS) is 10.5. The van der Waals surface area contributed by atoms with E-state index in [0.717, 1.165) is 29.1 Å². The highest BCUT2D eigenvalue weighted by Crippen LogP contribution is 2.14. The van der Waals surface area contributed by atoms with Gasteiger partial charge in [0.1, 0.15) is 11.4 Å². The zero-order chi connectivity index (χ0) is 17.6. The van der Waals surface area contributed by atoms with Crippen molar-refractivity contribution in [3.63, 3.8) is 0 Å². The Morgan fingerprint density at radius 2 is 1.92 bits per heavy atom. The average Bonchev–Trinajstić information content (AvgIpc) is 3.04. The lowest BCUT2D eigenvalue weighted by molar-refractivity contribution is 0.0946. The van der Waals surface area contributed by atoms with E-state index in [1.165, 1.54) is 0 Å². The Hall–Kier alpha value is -3.08. The Kier molecular flexibility index (Phi) is 5.14. The van der Waals surface area contributed by atoms with Crippen molar-refractivity contribution in [2.75, 3.05) is 13.7 Å². The van der Waals surface area contributed by atoms with Crippen LogP contribution in [0.5, 0.6) is 5.75 Å². The summed E-state index contributed by atoms with van der Waals surface area (Å²) in [4.78, 5) is 12.6. The molecule has 0 atom stereocenters. The molecule has 0 radical (unpaired) electrons. The highest BCUT2D eigenvalue weighted by Gasteiger charge is 2.14. The molecular formula is C20H21N3O2. The van der Waals surface area contributed by atoms with Gasteiger partial charge in [0.25, 0.3) is 5.91 Å². The van der Waals surface area contributed by atoms with Gasteiger partial charge in [-0.15, -0.1) is 0 Å². The molecule has 1 aromatic heterocycles. The van der Waals surface area contributed by atoms with Crippen molar-refractivity contribution < 1.29 is 9.53 Å². The number of ether oxygens (including phenoxy) is 1. The Balaban J connectivity index is 1.68. The molecule has 2 aromatic carbocycles. The monoisotopic (exact) mass is 335 g/mol. The molecule has 0 spiro atoms.